The van der Waals surface area contributed by atoms with Crippen molar-refractivity contribution >= 4 is 11.3 Å². The van der Waals surface area contributed by atoms with Gasteiger partial charge in [-0.25, -0.2) is 13.9 Å². The Morgan fingerprint density at radius 2 is 1.94 bits per heavy atom. The lowest BCUT2D eigenvalue weighted by Crippen LogP contribution is -1.95. The van der Waals surface area contributed by atoms with E-state index in [1.54, 1.807) is 35.2 Å². The van der Waals surface area contributed by atoms with Crippen LogP contribution in [0.2, 0.25) is 0 Å². The molecule has 2 heterocycles. The number of benzene rings is 1. The van der Waals surface area contributed by atoms with Crippen LogP contribution in [0.5, 0.6) is 0 Å². The Morgan fingerprint density at radius 3 is 2.72 bits per heavy atom. The number of nitrogens with zero attached hydrogens (tertiary/aromatic N) is 3. The van der Waals surface area contributed by atoms with Crippen LogP contribution in [0.25, 0.3) is 5.65 Å². The van der Waals surface area contributed by atoms with Gasteiger partial charge in [0.15, 0.2) is 5.65 Å². The maximum Gasteiger partial charge on any atom is 0.158 e. The van der Waals surface area contributed by atoms with E-state index in [2.05, 4.69) is 10.1 Å². The first-order valence-corrected chi connectivity index (χ1v) is 5.54. The number of rotatable bonds is 2. The average molecular weight is 242 g/mol. The Hall–Kier alpha value is -2.43. The predicted molar refractivity (Wildman–Crippen MR) is 66.6 cm³/mol. The van der Waals surface area contributed by atoms with Gasteiger partial charge in [-0.2, -0.15) is 5.10 Å². The molecule has 0 fully saturated rings. The second-order valence-corrected chi connectivity index (χ2v) is 4.13. The molecule has 0 bridgehead atoms. The molecule has 0 unspecified atom stereocenters. The number of anilines is 1. The number of aromatic nitrogens is 3. The fourth-order valence-corrected chi connectivity index (χ4v) is 1.89. The molecule has 3 rings (SSSR count). The molecule has 0 aliphatic heterocycles. The summed E-state index contributed by atoms with van der Waals surface area (Å²) in [6.45, 7) is 0. The van der Waals surface area contributed by atoms with E-state index in [9.17, 15) is 4.39 Å². The molecule has 0 radical (unpaired) electrons. The molecule has 2 aromatic heterocycles. The molecule has 4 nitrogen and oxygen atoms in total. The van der Waals surface area contributed by atoms with E-state index >= 15 is 0 Å². The predicted octanol–water partition coefficient (Wildman–Crippen LogP) is 2.04. The van der Waals surface area contributed by atoms with Crippen molar-refractivity contribution in [3.63, 3.8) is 0 Å². The summed E-state index contributed by atoms with van der Waals surface area (Å²) >= 11 is 0. The molecule has 0 saturated carbocycles. The fraction of sp³-hybridized carbons (Fsp3) is 0.0769. The molecule has 3 aromatic rings. The van der Waals surface area contributed by atoms with E-state index in [0.29, 0.717) is 12.1 Å². The third kappa shape index (κ3) is 1.90. The topological polar surface area (TPSA) is 56.2 Å². The number of nitrogens with two attached hydrogens (primary N) is 1. The molecular formula is C13H11FN4. The molecule has 0 aliphatic carbocycles. The minimum Gasteiger partial charge on any atom is -0.396 e. The van der Waals surface area contributed by atoms with Crippen molar-refractivity contribution < 1.29 is 4.39 Å². The summed E-state index contributed by atoms with van der Waals surface area (Å²) in [6, 6.07) is 6.42. The quantitative estimate of drug-likeness (QED) is 0.748. The van der Waals surface area contributed by atoms with Gasteiger partial charge in [-0.3, -0.25) is 0 Å². The summed E-state index contributed by atoms with van der Waals surface area (Å²) in [6.07, 6.45) is 5.74. The standard InChI is InChI=1S/C13H11FN4/c14-11-3-1-9(2-4-11)5-10-6-17-18-8-12(15)7-16-13(10)18/h1-4,6-8H,5,15H2. The lowest BCUT2D eigenvalue weighted by atomic mass is 10.1. The van der Waals surface area contributed by atoms with Gasteiger partial charge < -0.3 is 5.73 Å². The van der Waals surface area contributed by atoms with Gasteiger partial charge in [0.05, 0.1) is 24.3 Å². The summed E-state index contributed by atoms with van der Waals surface area (Å²) in [5, 5.41) is 4.19. The Balaban J connectivity index is 1.97. The number of halogens is 1. The molecule has 18 heavy (non-hydrogen) atoms. The molecule has 90 valence electrons. The second-order valence-electron chi connectivity index (χ2n) is 4.13. The van der Waals surface area contributed by atoms with Crippen molar-refractivity contribution in [2.75, 3.05) is 5.73 Å². The fourth-order valence-electron chi connectivity index (χ4n) is 1.89. The van der Waals surface area contributed by atoms with Gasteiger partial charge in [0.2, 0.25) is 0 Å². The summed E-state index contributed by atoms with van der Waals surface area (Å²) in [5.74, 6) is -0.232. The second kappa shape index (κ2) is 4.10. The SMILES string of the molecule is Nc1cnc2c(Cc3ccc(F)cc3)cnn2c1. The van der Waals surface area contributed by atoms with Crippen LogP contribution in [0, 0.1) is 5.82 Å². The van der Waals surface area contributed by atoms with Crippen molar-refractivity contribution in [2.45, 2.75) is 6.42 Å². The number of fused-ring (bicyclic) bond motifs is 1. The maximum atomic E-state index is 12.8. The van der Waals surface area contributed by atoms with E-state index in [1.165, 1.54) is 12.1 Å². The van der Waals surface area contributed by atoms with Gasteiger partial charge in [0.1, 0.15) is 5.82 Å². The molecule has 1 aromatic carbocycles. The Bertz CT molecular complexity index is 688. The van der Waals surface area contributed by atoms with Crippen LogP contribution >= 0.6 is 0 Å². The van der Waals surface area contributed by atoms with Crippen molar-refractivity contribution in [1.29, 1.82) is 0 Å². The van der Waals surface area contributed by atoms with Crippen LogP contribution in [0.15, 0.2) is 42.9 Å². The van der Waals surface area contributed by atoms with Crippen LogP contribution in [-0.2, 0) is 6.42 Å². The first kappa shape index (κ1) is 10.7. The molecule has 2 N–H and O–H groups in total. The van der Waals surface area contributed by atoms with Crippen LogP contribution in [0.4, 0.5) is 10.1 Å². The van der Waals surface area contributed by atoms with E-state index in [1.807, 2.05) is 0 Å². The highest BCUT2D eigenvalue weighted by Crippen LogP contribution is 2.15. The highest BCUT2D eigenvalue weighted by molar-refractivity contribution is 5.51. The van der Waals surface area contributed by atoms with Gasteiger partial charge in [0, 0.05) is 12.0 Å². The lowest BCUT2D eigenvalue weighted by Gasteiger charge is -2.00. The van der Waals surface area contributed by atoms with E-state index in [4.69, 9.17) is 5.73 Å². The number of nitrogen functional groups attached to an aromatic ring is 1. The highest BCUT2D eigenvalue weighted by atomic mass is 19.1. The van der Waals surface area contributed by atoms with E-state index in [0.717, 1.165) is 16.8 Å². The smallest absolute Gasteiger partial charge is 0.158 e. The summed E-state index contributed by atoms with van der Waals surface area (Å²) in [7, 11) is 0. The highest BCUT2D eigenvalue weighted by Gasteiger charge is 2.06. The zero-order valence-corrected chi connectivity index (χ0v) is 9.55. The summed E-state index contributed by atoms with van der Waals surface area (Å²) in [5.41, 5.74) is 8.98. The van der Waals surface area contributed by atoms with Crippen LogP contribution in [-0.4, -0.2) is 14.6 Å². The normalized spacial score (nSPS) is 10.9. The van der Waals surface area contributed by atoms with Gasteiger partial charge in [-0.15, -0.1) is 0 Å². The first-order chi connectivity index (χ1) is 8.72. The van der Waals surface area contributed by atoms with Gasteiger partial charge in [0.25, 0.3) is 0 Å². The molecular weight excluding hydrogens is 231 g/mol. The summed E-state index contributed by atoms with van der Waals surface area (Å²) < 4.78 is 14.5. The monoisotopic (exact) mass is 242 g/mol. The molecule has 0 spiro atoms. The maximum absolute atomic E-state index is 12.8. The molecule has 0 atom stereocenters. The van der Waals surface area contributed by atoms with Gasteiger partial charge in [-0.1, -0.05) is 12.1 Å². The third-order valence-electron chi connectivity index (χ3n) is 2.76. The molecule has 0 amide bonds. The molecule has 5 heteroatoms. The zero-order valence-electron chi connectivity index (χ0n) is 9.55. The van der Waals surface area contributed by atoms with Crippen LogP contribution < -0.4 is 5.73 Å². The minimum absolute atomic E-state index is 0.232. The largest absolute Gasteiger partial charge is 0.396 e. The Kier molecular flexibility index (Phi) is 2.44. The Morgan fingerprint density at radius 1 is 1.17 bits per heavy atom. The van der Waals surface area contributed by atoms with Crippen LogP contribution in [0.1, 0.15) is 11.1 Å². The summed E-state index contributed by atoms with van der Waals surface area (Å²) in [4.78, 5) is 4.26. The van der Waals surface area contributed by atoms with E-state index < -0.39 is 0 Å². The first-order valence-electron chi connectivity index (χ1n) is 5.54. The third-order valence-corrected chi connectivity index (χ3v) is 2.76. The van der Waals surface area contributed by atoms with Crippen molar-refractivity contribution in [3.05, 3.63) is 59.8 Å². The number of hydrogen-bond acceptors (Lipinski definition) is 3. The van der Waals surface area contributed by atoms with Crippen molar-refractivity contribution in [1.82, 2.24) is 14.6 Å². The van der Waals surface area contributed by atoms with E-state index in [-0.39, 0.29) is 5.82 Å². The van der Waals surface area contributed by atoms with Gasteiger partial charge >= 0.3 is 0 Å². The van der Waals surface area contributed by atoms with Crippen LogP contribution in [0.3, 0.4) is 0 Å². The average Bonchev–Trinajstić information content (AvgIpc) is 2.74. The van der Waals surface area contributed by atoms with Crippen molar-refractivity contribution in [3.8, 4) is 0 Å². The van der Waals surface area contributed by atoms with Gasteiger partial charge in [-0.05, 0) is 17.7 Å². The zero-order chi connectivity index (χ0) is 12.5. The number of hydrogen-bond donors (Lipinski definition) is 1. The van der Waals surface area contributed by atoms with Crippen molar-refractivity contribution in [2.24, 2.45) is 0 Å². The Labute approximate surface area is 103 Å². The molecule has 0 aliphatic rings. The molecule has 0 saturated heterocycles. The lowest BCUT2D eigenvalue weighted by molar-refractivity contribution is 0.627. The minimum atomic E-state index is -0.232.